The van der Waals surface area contributed by atoms with Crippen LogP contribution in [0.1, 0.15) is 80.3 Å². The van der Waals surface area contributed by atoms with Gasteiger partial charge in [-0.25, -0.2) is 9.59 Å². The highest BCUT2D eigenvalue weighted by Gasteiger charge is 2.27. The Morgan fingerprint density at radius 3 is 1.08 bits per heavy atom. The number of hydrogen-bond acceptors (Lipinski definition) is 6. The molecule has 3 rings (SSSR count). The molecule has 0 amide bonds. The van der Waals surface area contributed by atoms with E-state index in [4.69, 9.17) is 0 Å². The number of nitrogens with zero attached hydrogens (tertiary/aromatic N) is 2. The fraction of sp³-hybridized carbons (Fsp3) is 0.267. The average Bonchev–Trinajstić information content (AvgIpc) is 2.93. The molecule has 0 spiro atoms. The number of carboxylic acid groups (broad SMARTS) is 2. The highest BCUT2D eigenvalue weighted by molar-refractivity contribution is 6.20. The number of carbonyl (C=O) groups is 4. The van der Waals surface area contributed by atoms with Crippen molar-refractivity contribution in [2.75, 3.05) is 36.0 Å². The lowest BCUT2D eigenvalue weighted by Crippen LogP contribution is -2.22. The van der Waals surface area contributed by atoms with Gasteiger partial charge < -0.3 is 20.0 Å². The maximum absolute atomic E-state index is 13.4. The van der Waals surface area contributed by atoms with Crippen LogP contribution in [0.3, 0.4) is 0 Å². The van der Waals surface area contributed by atoms with Crippen LogP contribution < -0.4 is 9.80 Å². The Morgan fingerprint density at radius 2 is 0.816 bits per heavy atom. The lowest BCUT2D eigenvalue weighted by atomic mass is 9.89. The zero-order valence-corrected chi connectivity index (χ0v) is 22.0. The van der Waals surface area contributed by atoms with Crippen molar-refractivity contribution in [3.8, 4) is 0 Å². The van der Waals surface area contributed by atoms with E-state index in [0.717, 1.165) is 49.7 Å². The summed E-state index contributed by atoms with van der Waals surface area (Å²) in [5.41, 5.74) is 0.831. The summed E-state index contributed by atoms with van der Waals surface area (Å²) in [5, 5.41) is 19.6. The minimum Gasteiger partial charge on any atom is -0.478 e. The Hall–Kier alpha value is -4.46. The Kier molecular flexibility index (Phi) is 9.02. The summed E-state index contributed by atoms with van der Waals surface area (Å²) in [4.78, 5) is 55.1. The smallest absolute Gasteiger partial charge is 0.336 e. The van der Waals surface area contributed by atoms with Crippen molar-refractivity contribution < 1.29 is 29.4 Å². The molecule has 0 heterocycles. The van der Waals surface area contributed by atoms with Gasteiger partial charge in [-0.15, -0.1) is 0 Å². The van der Waals surface area contributed by atoms with E-state index >= 15 is 0 Å². The molecule has 0 saturated heterocycles. The maximum atomic E-state index is 13.4. The third-order valence-corrected chi connectivity index (χ3v) is 6.62. The predicted octanol–water partition coefficient (Wildman–Crippen LogP) is 5.24. The van der Waals surface area contributed by atoms with Crippen LogP contribution in [0.2, 0.25) is 0 Å². The first-order valence-corrected chi connectivity index (χ1v) is 12.6. The molecule has 0 radical (unpaired) electrons. The van der Waals surface area contributed by atoms with Crippen LogP contribution in [0, 0.1) is 0 Å². The maximum Gasteiger partial charge on any atom is 0.336 e. The van der Waals surface area contributed by atoms with Gasteiger partial charge >= 0.3 is 11.9 Å². The third kappa shape index (κ3) is 5.75. The Labute approximate surface area is 222 Å². The number of benzene rings is 3. The van der Waals surface area contributed by atoms with E-state index in [-0.39, 0.29) is 22.3 Å². The predicted molar refractivity (Wildman–Crippen MR) is 147 cm³/mol. The first kappa shape index (κ1) is 28.1. The summed E-state index contributed by atoms with van der Waals surface area (Å²) in [6, 6.07) is 15.5. The van der Waals surface area contributed by atoms with E-state index in [1.54, 1.807) is 48.5 Å². The highest BCUT2D eigenvalue weighted by atomic mass is 16.4. The van der Waals surface area contributed by atoms with Crippen LogP contribution in [0.25, 0.3) is 0 Å². The number of ketones is 2. The van der Waals surface area contributed by atoms with Gasteiger partial charge in [0.05, 0.1) is 11.1 Å². The van der Waals surface area contributed by atoms with Gasteiger partial charge in [0.2, 0.25) is 0 Å². The molecule has 0 fully saturated rings. The van der Waals surface area contributed by atoms with Gasteiger partial charge in [0.25, 0.3) is 0 Å². The van der Waals surface area contributed by atoms with Gasteiger partial charge in [-0.3, -0.25) is 9.59 Å². The third-order valence-electron chi connectivity index (χ3n) is 6.62. The van der Waals surface area contributed by atoms with Gasteiger partial charge in [-0.05, 0) is 88.4 Å². The minimum absolute atomic E-state index is 0.230. The molecule has 0 saturated carbocycles. The van der Waals surface area contributed by atoms with Crippen LogP contribution >= 0.6 is 0 Å². The molecule has 0 aliphatic heterocycles. The fourth-order valence-corrected chi connectivity index (χ4v) is 4.47. The molecule has 0 atom stereocenters. The van der Waals surface area contributed by atoms with Crippen molar-refractivity contribution in [1.29, 1.82) is 0 Å². The molecule has 198 valence electrons. The second-order valence-electron chi connectivity index (χ2n) is 8.65. The highest BCUT2D eigenvalue weighted by Crippen LogP contribution is 2.26. The zero-order chi connectivity index (χ0) is 28.0. The zero-order valence-electron chi connectivity index (χ0n) is 22.0. The average molecular weight is 517 g/mol. The number of carbonyl (C=O) groups excluding carboxylic acids is 2. The van der Waals surface area contributed by atoms with Crippen LogP contribution in [0.15, 0.2) is 60.7 Å². The Morgan fingerprint density at radius 1 is 0.526 bits per heavy atom. The summed E-state index contributed by atoms with van der Waals surface area (Å²) in [6.07, 6.45) is 0. The number of anilines is 2. The largest absolute Gasteiger partial charge is 0.478 e. The Balaban J connectivity index is 2.09. The molecule has 0 bridgehead atoms. The van der Waals surface area contributed by atoms with E-state index in [1.807, 2.05) is 27.7 Å². The molecule has 0 aliphatic rings. The number of hydrogen-bond donors (Lipinski definition) is 2. The van der Waals surface area contributed by atoms with Gasteiger partial charge in [-0.1, -0.05) is 0 Å². The molecule has 3 aromatic rings. The Bertz CT molecular complexity index is 1240. The van der Waals surface area contributed by atoms with Crippen molar-refractivity contribution in [2.24, 2.45) is 0 Å². The van der Waals surface area contributed by atoms with Crippen molar-refractivity contribution in [1.82, 2.24) is 0 Å². The summed E-state index contributed by atoms with van der Waals surface area (Å²) in [6.45, 7) is 11.2. The fourth-order valence-electron chi connectivity index (χ4n) is 4.47. The second kappa shape index (κ2) is 12.2. The molecule has 8 heteroatoms. The summed E-state index contributed by atoms with van der Waals surface area (Å²) in [5.74, 6) is -4.15. The van der Waals surface area contributed by atoms with Crippen LogP contribution in [-0.4, -0.2) is 59.9 Å². The lowest BCUT2D eigenvalue weighted by Gasteiger charge is -2.21. The van der Waals surface area contributed by atoms with Crippen molar-refractivity contribution in [3.63, 3.8) is 0 Å². The molecular weight excluding hydrogens is 484 g/mol. The van der Waals surface area contributed by atoms with Crippen LogP contribution in [0.4, 0.5) is 11.4 Å². The lowest BCUT2D eigenvalue weighted by molar-refractivity contribution is 0.0690. The van der Waals surface area contributed by atoms with E-state index < -0.39 is 34.6 Å². The summed E-state index contributed by atoms with van der Waals surface area (Å²) < 4.78 is 0. The molecule has 0 aromatic heterocycles. The monoisotopic (exact) mass is 516 g/mol. The first-order valence-electron chi connectivity index (χ1n) is 12.6. The van der Waals surface area contributed by atoms with Gasteiger partial charge in [0, 0.05) is 59.8 Å². The standard InChI is InChI=1S/C30H32N2O6/c1-5-31(6-2)21-13-9-19(10-14-21)27(33)23-17-24(26(30(37)38)18-25(23)29(35)36)28(34)20-11-15-22(16-12-20)32(7-3)8-4/h9-18H,5-8H2,1-4H3,(H,35,36)(H,37,38). The molecular formula is C30H32N2O6. The molecule has 0 aliphatic carbocycles. The van der Waals surface area contributed by atoms with E-state index in [0.29, 0.717) is 0 Å². The molecule has 3 aromatic carbocycles. The van der Waals surface area contributed by atoms with Crippen molar-refractivity contribution in [3.05, 3.63) is 94.0 Å². The van der Waals surface area contributed by atoms with Crippen molar-refractivity contribution in [2.45, 2.75) is 27.7 Å². The van der Waals surface area contributed by atoms with E-state index in [2.05, 4.69) is 9.80 Å². The normalized spacial score (nSPS) is 10.6. The minimum atomic E-state index is -1.46. The summed E-state index contributed by atoms with van der Waals surface area (Å²) in [7, 11) is 0. The first-order chi connectivity index (χ1) is 18.2. The van der Waals surface area contributed by atoms with Crippen molar-refractivity contribution >= 4 is 34.9 Å². The van der Waals surface area contributed by atoms with Gasteiger partial charge in [-0.2, -0.15) is 0 Å². The summed E-state index contributed by atoms with van der Waals surface area (Å²) >= 11 is 0. The molecule has 8 nitrogen and oxygen atoms in total. The number of rotatable bonds is 12. The quantitative estimate of drug-likeness (QED) is 0.314. The molecule has 2 N–H and O–H groups in total. The molecule has 0 unspecified atom stereocenters. The number of aromatic carboxylic acids is 2. The van der Waals surface area contributed by atoms with Gasteiger partial charge in [0.15, 0.2) is 11.6 Å². The molecule has 38 heavy (non-hydrogen) atoms. The SMILES string of the molecule is CCN(CC)c1ccc(C(=O)c2cc(C(=O)c3ccc(N(CC)CC)cc3)c(C(=O)O)cc2C(=O)O)cc1. The number of carboxylic acids is 2. The van der Waals surface area contributed by atoms with E-state index in [9.17, 15) is 29.4 Å². The van der Waals surface area contributed by atoms with Crippen LogP contribution in [0.5, 0.6) is 0 Å². The van der Waals surface area contributed by atoms with E-state index in [1.165, 1.54) is 0 Å². The topological polar surface area (TPSA) is 115 Å². The second-order valence-corrected chi connectivity index (χ2v) is 8.65. The van der Waals surface area contributed by atoms with Crippen LogP contribution in [-0.2, 0) is 0 Å². The van der Waals surface area contributed by atoms with Gasteiger partial charge in [0.1, 0.15) is 0 Å².